The summed E-state index contributed by atoms with van der Waals surface area (Å²) in [4.78, 5) is 71.4. The zero-order valence-electron chi connectivity index (χ0n) is 18.8. The van der Waals surface area contributed by atoms with Crippen LogP contribution < -0.4 is 38.9 Å². The van der Waals surface area contributed by atoms with Crippen LogP contribution in [-0.4, -0.2) is 77.1 Å². The standard InChI is InChI=1S/C19H35N7O7S/c20-8-2-1-3-11(17(30)26-13(19(32)33)5-7-15(23)28)25-18(31)12(4-6-14(22)27)24-16(29)10(21)9-34/h10-13,34H,1-9,20-21H2,(H2,22,27)(H2,23,28)(H,24,29)(H,25,31)(H,26,30)(H,32,33). The topological polar surface area (TPSA) is 263 Å². The highest BCUT2D eigenvalue weighted by atomic mass is 32.1. The summed E-state index contributed by atoms with van der Waals surface area (Å²) in [5.41, 5.74) is 21.3. The van der Waals surface area contributed by atoms with Crippen LogP contribution in [0, 0.1) is 0 Å². The molecular weight excluding hydrogens is 470 g/mol. The number of thiol groups is 1. The fourth-order valence-corrected chi connectivity index (χ4v) is 2.93. The lowest BCUT2D eigenvalue weighted by Crippen LogP contribution is -2.57. The molecule has 34 heavy (non-hydrogen) atoms. The molecule has 0 saturated carbocycles. The highest BCUT2D eigenvalue weighted by molar-refractivity contribution is 7.80. The normalized spacial score (nSPS) is 14.2. The Kier molecular flexibility index (Phi) is 15.2. The maximum Gasteiger partial charge on any atom is 0.326 e. The number of carboxylic acids is 1. The van der Waals surface area contributed by atoms with Gasteiger partial charge in [-0.1, -0.05) is 0 Å². The molecule has 0 aliphatic rings. The molecule has 5 amide bonds. The summed E-state index contributed by atoms with van der Waals surface area (Å²) in [7, 11) is 0. The lowest BCUT2D eigenvalue weighted by Gasteiger charge is -2.25. The summed E-state index contributed by atoms with van der Waals surface area (Å²) in [6, 6.07) is -4.84. The van der Waals surface area contributed by atoms with E-state index in [0.29, 0.717) is 19.4 Å². The number of aliphatic carboxylic acids is 1. The van der Waals surface area contributed by atoms with Crippen LogP contribution >= 0.6 is 12.6 Å². The average molecular weight is 506 g/mol. The number of unbranched alkanes of at least 4 members (excludes halogenated alkanes) is 1. The molecule has 0 spiro atoms. The molecule has 0 aromatic rings. The molecule has 0 aromatic carbocycles. The van der Waals surface area contributed by atoms with Crippen LogP contribution in [0.4, 0.5) is 0 Å². The van der Waals surface area contributed by atoms with Gasteiger partial charge < -0.3 is 44.0 Å². The molecular formula is C19H35N7O7S. The molecule has 14 nitrogen and oxygen atoms in total. The van der Waals surface area contributed by atoms with Gasteiger partial charge in [0, 0.05) is 18.6 Å². The highest BCUT2D eigenvalue weighted by Gasteiger charge is 2.30. The second-order valence-electron chi connectivity index (χ2n) is 7.61. The van der Waals surface area contributed by atoms with E-state index in [0.717, 1.165) is 0 Å². The van der Waals surface area contributed by atoms with Crippen LogP contribution in [0.25, 0.3) is 0 Å². The summed E-state index contributed by atoms with van der Waals surface area (Å²) in [6.07, 6.45) is 0.182. The van der Waals surface area contributed by atoms with Crippen molar-refractivity contribution in [2.24, 2.45) is 22.9 Å². The third-order valence-electron chi connectivity index (χ3n) is 4.72. The van der Waals surface area contributed by atoms with Crippen molar-refractivity contribution in [1.29, 1.82) is 0 Å². The first-order valence-corrected chi connectivity index (χ1v) is 11.3. The number of primary amides is 2. The summed E-state index contributed by atoms with van der Waals surface area (Å²) in [6.45, 7) is 0.331. The Bertz CT molecular complexity index is 738. The number of carbonyl (C=O) groups is 6. The van der Waals surface area contributed by atoms with Crippen molar-refractivity contribution in [3.8, 4) is 0 Å². The fourth-order valence-electron chi connectivity index (χ4n) is 2.77. The van der Waals surface area contributed by atoms with E-state index in [1.165, 1.54) is 0 Å². The number of hydrogen-bond acceptors (Lipinski definition) is 9. The van der Waals surface area contributed by atoms with Gasteiger partial charge in [-0.15, -0.1) is 0 Å². The van der Waals surface area contributed by atoms with Crippen LogP contribution in [0.15, 0.2) is 0 Å². The second kappa shape index (κ2) is 16.7. The predicted octanol–water partition coefficient (Wildman–Crippen LogP) is -3.56. The van der Waals surface area contributed by atoms with Gasteiger partial charge in [-0.05, 0) is 38.6 Å². The lowest BCUT2D eigenvalue weighted by atomic mass is 10.0. The van der Waals surface area contributed by atoms with Crippen molar-refractivity contribution in [1.82, 2.24) is 16.0 Å². The van der Waals surface area contributed by atoms with Gasteiger partial charge in [0.25, 0.3) is 0 Å². The van der Waals surface area contributed by atoms with Crippen LogP contribution in [0.3, 0.4) is 0 Å². The number of rotatable bonds is 18. The van der Waals surface area contributed by atoms with Crippen molar-refractivity contribution in [2.45, 2.75) is 69.1 Å². The first kappa shape index (κ1) is 31.1. The Labute approximate surface area is 202 Å². The number of amides is 5. The van der Waals surface area contributed by atoms with Crippen molar-refractivity contribution >= 4 is 48.1 Å². The molecule has 0 aliphatic heterocycles. The van der Waals surface area contributed by atoms with Gasteiger partial charge in [-0.3, -0.25) is 24.0 Å². The van der Waals surface area contributed by atoms with E-state index < -0.39 is 59.7 Å². The zero-order chi connectivity index (χ0) is 26.3. The van der Waals surface area contributed by atoms with Crippen LogP contribution in [0.5, 0.6) is 0 Å². The number of nitrogens with one attached hydrogen (secondary N) is 3. The molecule has 194 valence electrons. The summed E-state index contributed by atoms with van der Waals surface area (Å²) in [5, 5.41) is 16.5. The first-order chi connectivity index (χ1) is 15.9. The minimum Gasteiger partial charge on any atom is -0.480 e. The van der Waals surface area contributed by atoms with Crippen molar-refractivity contribution in [2.75, 3.05) is 12.3 Å². The molecule has 12 N–H and O–H groups in total. The number of nitrogens with two attached hydrogens (primary N) is 4. The van der Waals surface area contributed by atoms with Gasteiger partial charge in [0.2, 0.25) is 29.5 Å². The summed E-state index contributed by atoms with van der Waals surface area (Å²) < 4.78 is 0. The summed E-state index contributed by atoms with van der Waals surface area (Å²) in [5.74, 6) is -5.12. The molecule has 15 heteroatoms. The van der Waals surface area contributed by atoms with Gasteiger partial charge >= 0.3 is 5.97 Å². The van der Waals surface area contributed by atoms with Crippen LogP contribution in [0.2, 0.25) is 0 Å². The first-order valence-electron chi connectivity index (χ1n) is 10.7. The molecule has 0 heterocycles. The highest BCUT2D eigenvalue weighted by Crippen LogP contribution is 2.06. The van der Waals surface area contributed by atoms with Crippen LogP contribution in [0.1, 0.15) is 44.9 Å². The molecule has 0 fully saturated rings. The van der Waals surface area contributed by atoms with E-state index >= 15 is 0 Å². The Morgan fingerprint density at radius 1 is 0.735 bits per heavy atom. The van der Waals surface area contributed by atoms with Gasteiger partial charge in [-0.2, -0.15) is 12.6 Å². The maximum absolute atomic E-state index is 12.9. The largest absolute Gasteiger partial charge is 0.480 e. The molecule has 4 unspecified atom stereocenters. The van der Waals surface area contributed by atoms with E-state index in [2.05, 4.69) is 28.6 Å². The number of hydrogen-bond donors (Lipinski definition) is 9. The molecule has 0 rings (SSSR count). The Hall–Kier alpha value is -2.91. The molecule has 0 saturated heterocycles. The minimum absolute atomic E-state index is 0.00198. The Morgan fingerprint density at radius 2 is 1.18 bits per heavy atom. The quantitative estimate of drug-likeness (QED) is 0.0658. The molecule has 0 aliphatic carbocycles. The van der Waals surface area contributed by atoms with E-state index in [-0.39, 0.29) is 37.9 Å². The monoisotopic (exact) mass is 505 g/mol. The Balaban J connectivity index is 5.53. The third kappa shape index (κ3) is 13.0. The zero-order valence-corrected chi connectivity index (χ0v) is 19.7. The molecule has 0 bridgehead atoms. The second-order valence-corrected chi connectivity index (χ2v) is 7.97. The maximum atomic E-state index is 12.9. The Morgan fingerprint density at radius 3 is 1.62 bits per heavy atom. The van der Waals surface area contributed by atoms with Crippen molar-refractivity contribution in [3.05, 3.63) is 0 Å². The van der Waals surface area contributed by atoms with Gasteiger partial charge in [-0.25, -0.2) is 4.79 Å². The molecule has 0 aromatic heterocycles. The fraction of sp³-hybridized carbons (Fsp3) is 0.684. The molecule has 4 atom stereocenters. The number of carboxylic acid groups (broad SMARTS) is 1. The SMILES string of the molecule is NCCCCC(NC(=O)C(CCC(N)=O)NC(=O)C(N)CS)C(=O)NC(CCC(N)=O)C(=O)O. The van der Waals surface area contributed by atoms with Crippen LogP contribution in [-0.2, 0) is 28.8 Å². The third-order valence-corrected chi connectivity index (χ3v) is 5.11. The van der Waals surface area contributed by atoms with E-state index in [1.54, 1.807) is 0 Å². The molecule has 0 radical (unpaired) electrons. The van der Waals surface area contributed by atoms with E-state index in [9.17, 15) is 33.9 Å². The van der Waals surface area contributed by atoms with E-state index in [4.69, 9.17) is 22.9 Å². The van der Waals surface area contributed by atoms with Gasteiger partial charge in [0.1, 0.15) is 18.1 Å². The van der Waals surface area contributed by atoms with Crippen molar-refractivity contribution < 1.29 is 33.9 Å². The average Bonchev–Trinajstić information content (AvgIpc) is 2.77. The minimum atomic E-state index is -1.41. The number of carbonyl (C=O) groups excluding carboxylic acids is 5. The smallest absolute Gasteiger partial charge is 0.326 e. The summed E-state index contributed by atoms with van der Waals surface area (Å²) >= 11 is 3.92. The lowest BCUT2D eigenvalue weighted by molar-refractivity contribution is -0.142. The van der Waals surface area contributed by atoms with Gasteiger partial charge in [0.15, 0.2) is 0 Å². The van der Waals surface area contributed by atoms with E-state index in [1.807, 2.05) is 0 Å². The van der Waals surface area contributed by atoms with Crippen molar-refractivity contribution in [3.63, 3.8) is 0 Å². The van der Waals surface area contributed by atoms with Gasteiger partial charge in [0.05, 0.1) is 6.04 Å². The predicted molar refractivity (Wildman–Crippen MR) is 125 cm³/mol.